The predicted molar refractivity (Wildman–Crippen MR) is 85.6 cm³/mol. The van der Waals surface area contributed by atoms with Crippen molar-refractivity contribution in [2.24, 2.45) is 0 Å². The highest BCUT2D eigenvalue weighted by Crippen LogP contribution is 2.20. The highest BCUT2D eigenvalue weighted by Gasteiger charge is 2.34. The second-order valence-corrected chi connectivity index (χ2v) is 5.82. The average molecular weight is 315 g/mol. The molecule has 1 saturated heterocycles. The number of methoxy groups -OCH3 is 1. The molecule has 1 N–H and O–H groups in total. The Morgan fingerprint density at radius 1 is 1.43 bits per heavy atom. The summed E-state index contributed by atoms with van der Waals surface area (Å²) in [5.41, 5.74) is 1.68. The zero-order chi connectivity index (χ0) is 16.2. The number of nitrogens with one attached hydrogen (secondary N) is 1. The number of rotatable bonds is 5. The van der Waals surface area contributed by atoms with Crippen LogP contribution in [0.5, 0.6) is 0 Å². The van der Waals surface area contributed by atoms with E-state index in [1.807, 2.05) is 48.3 Å². The molecule has 0 aliphatic carbocycles. The zero-order valence-electron chi connectivity index (χ0n) is 13.4. The Morgan fingerprint density at radius 2 is 2.22 bits per heavy atom. The fourth-order valence-electron chi connectivity index (χ4n) is 2.86. The van der Waals surface area contributed by atoms with Crippen LogP contribution in [0.2, 0.25) is 0 Å². The van der Waals surface area contributed by atoms with Crippen molar-refractivity contribution in [2.45, 2.75) is 25.1 Å². The lowest BCUT2D eigenvalue weighted by atomic mass is 10.1. The Labute approximate surface area is 135 Å². The number of likely N-dealkylation sites (tertiary alicyclic amines) is 1. The van der Waals surface area contributed by atoms with Crippen LogP contribution < -0.4 is 5.32 Å². The third-order valence-electron chi connectivity index (χ3n) is 4.21. The molecule has 1 fully saturated rings. The number of nitrogens with zero attached hydrogens (tertiary/aromatic N) is 2. The number of hydrogen-bond acceptors (Lipinski definition) is 5. The summed E-state index contributed by atoms with van der Waals surface area (Å²) in [4.78, 5) is 14.3. The van der Waals surface area contributed by atoms with Crippen LogP contribution in [0.15, 0.2) is 40.9 Å². The van der Waals surface area contributed by atoms with E-state index in [-0.39, 0.29) is 18.1 Å². The fourth-order valence-corrected chi connectivity index (χ4v) is 2.86. The summed E-state index contributed by atoms with van der Waals surface area (Å²) in [6.07, 6.45) is 0.833. The molecule has 2 atom stereocenters. The van der Waals surface area contributed by atoms with Crippen molar-refractivity contribution < 1.29 is 14.1 Å². The quantitative estimate of drug-likeness (QED) is 0.909. The Kier molecular flexibility index (Phi) is 4.73. The van der Waals surface area contributed by atoms with Crippen LogP contribution in [-0.4, -0.2) is 48.8 Å². The van der Waals surface area contributed by atoms with Gasteiger partial charge in [-0.25, -0.2) is 0 Å². The summed E-state index contributed by atoms with van der Waals surface area (Å²) in [6.45, 7) is 1.13. The molecule has 122 valence electrons. The molecule has 6 heteroatoms. The number of likely N-dealkylation sites (N-methyl/N-ethyl adjacent to an activating group) is 1. The van der Waals surface area contributed by atoms with Crippen molar-refractivity contribution in [2.75, 3.05) is 20.7 Å². The molecule has 0 unspecified atom stereocenters. The molecule has 6 nitrogen and oxygen atoms in total. The van der Waals surface area contributed by atoms with E-state index in [4.69, 9.17) is 9.26 Å². The van der Waals surface area contributed by atoms with Gasteiger partial charge in [-0.2, -0.15) is 0 Å². The second-order valence-electron chi connectivity index (χ2n) is 5.82. The maximum Gasteiger partial charge on any atom is 0.237 e. The summed E-state index contributed by atoms with van der Waals surface area (Å²) >= 11 is 0. The first-order chi connectivity index (χ1) is 11.2. The summed E-state index contributed by atoms with van der Waals surface area (Å²) in [7, 11) is 3.62. The first-order valence-electron chi connectivity index (χ1n) is 7.69. The zero-order valence-corrected chi connectivity index (χ0v) is 13.4. The molecular formula is C17H21N3O3. The van der Waals surface area contributed by atoms with Crippen LogP contribution >= 0.6 is 0 Å². The van der Waals surface area contributed by atoms with Gasteiger partial charge in [0.15, 0.2) is 5.76 Å². The van der Waals surface area contributed by atoms with Gasteiger partial charge in [-0.3, -0.25) is 9.69 Å². The number of carbonyl (C=O) groups excluding carboxylic acids is 1. The van der Waals surface area contributed by atoms with E-state index >= 15 is 0 Å². The molecule has 0 saturated carbocycles. The number of hydrogen-bond donors (Lipinski definition) is 1. The Bertz CT molecular complexity index is 656. The lowest BCUT2D eigenvalue weighted by Gasteiger charge is -2.17. The summed E-state index contributed by atoms with van der Waals surface area (Å²) in [5, 5.41) is 6.94. The molecule has 1 amide bonds. The molecular weight excluding hydrogens is 294 g/mol. The fraction of sp³-hybridized carbons (Fsp3) is 0.412. The number of aromatic nitrogens is 1. The van der Waals surface area contributed by atoms with Crippen LogP contribution in [0, 0.1) is 0 Å². The highest BCUT2D eigenvalue weighted by atomic mass is 16.5. The van der Waals surface area contributed by atoms with Crippen molar-refractivity contribution in [3.63, 3.8) is 0 Å². The third-order valence-corrected chi connectivity index (χ3v) is 4.21. The van der Waals surface area contributed by atoms with Crippen molar-refractivity contribution >= 4 is 5.91 Å². The van der Waals surface area contributed by atoms with E-state index in [2.05, 4.69) is 10.5 Å². The van der Waals surface area contributed by atoms with Gasteiger partial charge in [0.2, 0.25) is 5.91 Å². The SMILES string of the molecule is CO[C@H]1C[C@@H](C(=O)NCc2cc(-c3ccccc3)on2)N(C)C1. The van der Waals surface area contributed by atoms with Crippen molar-refractivity contribution in [1.82, 2.24) is 15.4 Å². The van der Waals surface area contributed by atoms with Gasteiger partial charge in [0, 0.05) is 25.3 Å². The standard InChI is InChI=1S/C17H21N3O3/c1-20-11-14(22-2)9-15(20)17(21)18-10-13-8-16(23-19-13)12-6-4-3-5-7-12/h3-8,14-15H,9-11H2,1-2H3,(H,18,21)/t14-,15-/m0/s1. The topological polar surface area (TPSA) is 67.6 Å². The molecule has 0 radical (unpaired) electrons. The van der Waals surface area contributed by atoms with Gasteiger partial charge >= 0.3 is 0 Å². The van der Waals surface area contributed by atoms with Crippen LogP contribution in [0.25, 0.3) is 11.3 Å². The molecule has 1 aromatic heterocycles. The van der Waals surface area contributed by atoms with Crippen molar-refractivity contribution in [3.05, 3.63) is 42.1 Å². The number of benzene rings is 1. The Balaban J connectivity index is 1.57. The Morgan fingerprint density at radius 3 is 2.91 bits per heavy atom. The van der Waals surface area contributed by atoms with Gasteiger partial charge in [-0.1, -0.05) is 35.5 Å². The number of carbonyl (C=O) groups is 1. The maximum atomic E-state index is 12.3. The van der Waals surface area contributed by atoms with Crippen LogP contribution in [0.4, 0.5) is 0 Å². The largest absolute Gasteiger partial charge is 0.380 e. The van der Waals surface area contributed by atoms with E-state index in [0.29, 0.717) is 24.4 Å². The molecule has 1 aliphatic heterocycles. The van der Waals surface area contributed by atoms with E-state index in [1.165, 1.54) is 0 Å². The third kappa shape index (κ3) is 3.60. The van der Waals surface area contributed by atoms with Crippen LogP contribution in [0.1, 0.15) is 12.1 Å². The first kappa shape index (κ1) is 15.7. The van der Waals surface area contributed by atoms with Crippen molar-refractivity contribution in [3.8, 4) is 11.3 Å². The minimum atomic E-state index is -0.152. The summed E-state index contributed by atoms with van der Waals surface area (Å²) < 4.78 is 10.7. The predicted octanol–water partition coefficient (Wildman–Crippen LogP) is 1.68. The van der Waals surface area contributed by atoms with Gasteiger partial charge in [0.05, 0.1) is 18.7 Å². The smallest absolute Gasteiger partial charge is 0.237 e. The Hall–Kier alpha value is -2.18. The minimum Gasteiger partial charge on any atom is -0.380 e. The van der Waals surface area contributed by atoms with E-state index in [1.54, 1.807) is 7.11 Å². The van der Waals surface area contributed by atoms with E-state index < -0.39 is 0 Å². The minimum absolute atomic E-state index is 0.00342. The van der Waals surface area contributed by atoms with Gasteiger partial charge in [-0.15, -0.1) is 0 Å². The monoisotopic (exact) mass is 315 g/mol. The highest BCUT2D eigenvalue weighted by molar-refractivity contribution is 5.82. The summed E-state index contributed by atoms with van der Waals surface area (Å²) in [6, 6.07) is 11.5. The van der Waals surface area contributed by atoms with Crippen LogP contribution in [-0.2, 0) is 16.1 Å². The molecule has 3 rings (SSSR count). The molecule has 1 aliphatic rings. The van der Waals surface area contributed by atoms with Gasteiger partial charge in [0.25, 0.3) is 0 Å². The van der Waals surface area contributed by atoms with Gasteiger partial charge in [-0.05, 0) is 13.5 Å². The molecule has 0 spiro atoms. The molecule has 2 aromatic rings. The van der Waals surface area contributed by atoms with E-state index in [9.17, 15) is 4.79 Å². The summed E-state index contributed by atoms with van der Waals surface area (Å²) in [5.74, 6) is 0.698. The van der Waals surface area contributed by atoms with Crippen LogP contribution in [0.3, 0.4) is 0 Å². The first-order valence-corrected chi connectivity index (χ1v) is 7.69. The maximum absolute atomic E-state index is 12.3. The van der Waals surface area contributed by atoms with Gasteiger partial charge < -0.3 is 14.6 Å². The number of ether oxygens (including phenoxy) is 1. The lowest BCUT2D eigenvalue weighted by Crippen LogP contribution is -2.41. The molecule has 2 heterocycles. The average Bonchev–Trinajstić information content (AvgIpc) is 3.20. The normalized spacial score (nSPS) is 21.5. The van der Waals surface area contributed by atoms with Crippen molar-refractivity contribution in [1.29, 1.82) is 0 Å². The molecule has 0 bridgehead atoms. The molecule has 1 aromatic carbocycles. The molecule has 23 heavy (non-hydrogen) atoms. The van der Waals surface area contributed by atoms with Gasteiger partial charge in [0.1, 0.15) is 5.69 Å². The van der Waals surface area contributed by atoms with E-state index in [0.717, 1.165) is 12.1 Å². The second kappa shape index (κ2) is 6.93. The lowest BCUT2D eigenvalue weighted by molar-refractivity contribution is -0.125. The number of amides is 1.